The fraction of sp³-hybridized carbons (Fsp3) is 0.317. The monoisotopic (exact) mass is 756 g/mol. The molecule has 0 radical (unpaired) electrons. The number of carbonyl (C=O) groups excluding carboxylic acids is 3. The number of rotatable bonds is 9. The minimum absolute atomic E-state index is 0.0491. The first kappa shape index (κ1) is 36.6. The van der Waals surface area contributed by atoms with Crippen molar-refractivity contribution in [3.05, 3.63) is 114 Å². The van der Waals surface area contributed by atoms with Gasteiger partial charge in [-0.1, -0.05) is 68.4 Å². The summed E-state index contributed by atoms with van der Waals surface area (Å²) in [6.45, 7) is 9.94. The van der Waals surface area contributed by atoms with Crippen molar-refractivity contribution >= 4 is 29.1 Å². The molecule has 3 amide bonds. The smallest absolute Gasteiger partial charge is 0.292 e. The van der Waals surface area contributed by atoms with Gasteiger partial charge in [0.2, 0.25) is 17.7 Å². The molecule has 1 unspecified atom stereocenters. The zero-order valence-corrected chi connectivity index (χ0v) is 31.3. The van der Waals surface area contributed by atoms with E-state index in [1.165, 1.54) is 18.0 Å². The van der Waals surface area contributed by atoms with Crippen molar-refractivity contribution in [1.29, 1.82) is 0 Å². The molecule has 2 fully saturated rings. The van der Waals surface area contributed by atoms with Crippen LogP contribution in [0.5, 0.6) is 0 Å². The highest BCUT2D eigenvalue weighted by Crippen LogP contribution is 2.30. The summed E-state index contributed by atoms with van der Waals surface area (Å²) in [6.07, 6.45) is 6.00. The summed E-state index contributed by atoms with van der Waals surface area (Å²) in [4.78, 5) is 54.3. The van der Waals surface area contributed by atoms with Crippen LogP contribution in [-0.4, -0.2) is 78.5 Å². The number of nitrogens with zero attached hydrogens (tertiary/aromatic N) is 8. The number of hydrogen-bond donors (Lipinski definition) is 2. The molecule has 286 valence electrons. The third-order valence-corrected chi connectivity index (χ3v) is 10.2. The topological polar surface area (TPSA) is 164 Å². The summed E-state index contributed by atoms with van der Waals surface area (Å²) in [6, 6.07) is 19.2. The Bertz CT molecular complexity index is 2410. The van der Waals surface area contributed by atoms with Crippen molar-refractivity contribution in [1.82, 2.24) is 45.3 Å². The number of nitrogens with one attached hydrogen (secondary N) is 2. The van der Waals surface area contributed by atoms with Gasteiger partial charge in [-0.15, -0.1) is 0 Å². The Kier molecular flexibility index (Phi) is 9.85. The maximum atomic E-state index is 15.3. The van der Waals surface area contributed by atoms with E-state index in [1.807, 2.05) is 45.2 Å². The zero-order valence-electron chi connectivity index (χ0n) is 31.3. The molecule has 2 aliphatic rings. The first-order valence-electron chi connectivity index (χ1n) is 18.6. The molecule has 0 spiro atoms. The quantitative estimate of drug-likeness (QED) is 0.190. The summed E-state index contributed by atoms with van der Waals surface area (Å²) in [7, 11) is 0. The molecular formula is C41H41FN10O4. The van der Waals surface area contributed by atoms with E-state index < -0.39 is 17.1 Å². The second-order valence-corrected chi connectivity index (χ2v) is 15.2. The van der Waals surface area contributed by atoms with Crippen LogP contribution in [0.1, 0.15) is 72.7 Å². The summed E-state index contributed by atoms with van der Waals surface area (Å²) < 4.78 is 22.3. The second-order valence-electron chi connectivity index (χ2n) is 15.2. The predicted octanol–water partition coefficient (Wildman–Crippen LogP) is 5.05. The molecule has 4 aromatic heterocycles. The Morgan fingerprint density at radius 2 is 1.75 bits per heavy atom. The van der Waals surface area contributed by atoms with E-state index in [0.29, 0.717) is 35.6 Å². The molecule has 1 atom stereocenters. The summed E-state index contributed by atoms with van der Waals surface area (Å²) in [5.41, 5.74) is 5.82. The van der Waals surface area contributed by atoms with Crippen LogP contribution in [0.3, 0.4) is 0 Å². The summed E-state index contributed by atoms with van der Waals surface area (Å²) in [5.74, 6) is -0.709. The first-order valence-corrected chi connectivity index (χ1v) is 18.6. The average Bonchev–Trinajstić information content (AvgIpc) is 3.87. The van der Waals surface area contributed by atoms with Gasteiger partial charge in [-0.2, -0.15) is 10.1 Å². The van der Waals surface area contributed by atoms with Crippen LogP contribution in [0, 0.1) is 5.82 Å². The van der Waals surface area contributed by atoms with E-state index >= 15 is 4.39 Å². The van der Waals surface area contributed by atoms with Crippen molar-refractivity contribution in [2.24, 2.45) is 0 Å². The van der Waals surface area contributed by atoms with Gasteiger partial charge in [0.15, 0.2) is 0 Å². The van der Waals surface area contributed by atoms with Crippen molar-refractivity contribution in [2.45, 2.75) is 58.0 Å². The molecule has 8 rings (SSSR count). The van der Waals surface area contributed by atoms with Crippen LogP contribution >= 0.6 is 0 Å². The Hall–Kier alpha value is -6.35. The Labute approximate surface area is 322 Å². The minimum atomic E-state index is -0.552. The fourth-order valence-electron chi connectivity index (χ4n) is 7.02. The van der Waals surface area contributed by atoms with Crippen LogP contribution < -0.4 is 15.5 Å². The Morgan fingerprint density at radius 1 is 0.964 bits per heavy atom. The van der Waals surface area contributed by atoms with Crippen LogP contribution in [0.25, 0.3) is 27.9 Å². The van der Waals surface area contributed by atoms with Crippen LogP contribution in [0.4, 0.5) is 10.2 Å². The molecule has 2 aromatic carbocycles. The van der Waals surface area contributed by atoms with Crippen LogP contribution in [0.2, 0.25) is 0 Å². The lowest BCUT2D eigenvalue weighted by atomic mass is 9.92. The van der Waals surface area contributed by atoms with Gasteiger partial charge in [0.05, 0.1) is 17.1 Å². The number of anilines is 1. The first-order chi connectivity index (χ1) is 27.0. The Morgan fingerprint density at radius 3 is 2.45 bits per heavy atom. The largest absolute Gasteiger partial charge is 0.354 e. The van der Waals surface area contributed by atoms with E-state index in [1.54, 1.807) is 22.8 Å². The molecule has 56 heavy (non-hydrogen) atoms. The number of halogens is 1. The number of benzene rings is 2. The van der Waals surface area contributed by atoms with Gasteiger partial charge in [-0.05, 0) is 41.3 Å². The number of imide groups is 1. The van der Waals surface area contributed by atoms with Gasteiger partial charge >= 0.3 is 0 Å². The highest BCUT2D eigenvalue weighted by Gasteiger charge is 2.29. The van der Waals surface area contributed by atoms with E-state index in [0.717, 1.165) is 60.7 Å². The van der Waals surface area contributed by atoms with E-state index in [4.69, 9.17) is 4.52 Å². The van der Waals surface area contributed by atoms with Gasteiger partial charge in [-0.25, -0.2) is 18.9 Å². The van der Waals surface area contributed by atoms with Gasteiger partial charge in [0.25, 0.3) is 11.7 Å². The highest BCUT2D eigenvalue weighted by molar-refractivity contribution is 6.00. The predicted molar refractivity (Wildman–Crippen MR) is 205 cm³/mol. The average molecular weight is 757 g/mol. The lowest BCUT2D eigenvalue weighted by Crippen LogP contribution is -2.46. The number of fused-ring (bicyclic) bond motifs is 1. The maximum Gasteiger partial charge on any atom is 0.292 e. The molecular weight excluding hydrogens is 716 g/mol. The number of pyridine rings is 1. The standard InChI is InChI=1S/C41H41FN10O4/c1-41(2,3)40-48-37(49-56-40)39(55)44-21-29-9-8-27(18-32(29)42)36-33-19-30(23-52(33)46-24-45-36)26-6-4-25(5-7-26)22-50-14-16-51(17-15-50)34-12-10-28(20-43-34)31-11-13-35(53)47-38(31)54/h4-10,12,18-20,23-24,31H,11,13-17,21-22H2,1-3H3,(H,44,55)(H,47,53,54). The van der Waals surface area contributed by atoms with Crippen LogP contribution in [0.15, 0.2) is 83.9 Å². The third-order valence-electron chi connectivity index (χ3n) is 10.2. The summed E-state index contributed by atoms with van der Waals surface area (Å²) in [5, 5.41) is 13.2. The molecule has 2 N–H and O–H groups in total. The lowest BCUT2D eigenvalue weighted by Gasteiger charge is -2.35. The molecule has 0 saturated carbocycles. The zero-order chi connectivity index (χ0) is 39.0. The molecule has 2 saturated heterocycles. The van der Waals surface area contributed by atoms with Gasteiger partial charge in [0.1, 0.15) is 18.0 Å². The van der Waals surface area contributed by atoms with Crippen molar-refractivity contribution in [3.8, 4) is 22.4 Å². The number of piperazine rings is 1. The number of amides is 3. The molecule has 2 aliphatic heterocycles. The number of carbonyl (C=O) groups is 3. The molecule has 0 bridgehead atoms. The number of piperidine rings is 1. The minimum Gasteiger partial charge on any atom is -0.354 e. The normalized spacial score (nSPS) is 16.6. The van der Waals surface area contributed by atoms with Gasteiger partial charge in [-0.3, -0.25) is 24.6 Å². The maximum absolute atomic E-state index is 15.3. The lowest BCUT2D eigenvalue weighted by molar-refractivity contribution is -0.134. The molecule has 14 nitrogen and oxygen atoms in total. The highest BCUT2D eigenvalue weighted by atomic mass is 19.1. The van der Waals surface area contributed by atoms with E-state index in [9.17, 15) is 14.4 Å². The van der Waals surface area contributed by atoms with E-state index in [-0.39, 0.29) is 30.1 Å². The van der Waals surface area contributed by atoms with Crippen molar-refractivity contribution in [2.75, 3.05) is 31.1 Å². The Balaban J connectivity index is 0.872. The second kappa shape index (κ2) is 15.1. The van der Waals surface area contributed by atoms with Gasteiger partial charge < -0.3 is 14.7 Å². The van der Waals surface area contributed by atoms with E-state index in [2.05, 4.69) is 69.9 Å². The summed E-state index contributed by atoms with van der Waals surface area (Å²) >= 11 is 0. The molecule has 0 aliphatic carbocycles. The SMILES string of the molecule is CC(C)(C)c1nc(C(=O)NCc2ccc(-c3ncnn4cc(-c5ccc(CN6CCN(c7ccc(C8CCC(=O)NC8=O)cn7)CC6)cc5)cc34)cc2F)no1. The fourth-order valence-corrected chi connectivity index (χ4v) is 7.02. The van der Waals surface area contributed by atoms with Crippen molar-refractivity contribution in [3.63, 3.8) is 0 Å². The number of hydrogen-bond acceptors (Lipinski definition) is 11. The molecule has 6 aromatic rings. The number of aromatic nitrogens is 6. The molecule has 15 heteroatoms. The van der Waals surface area contributed by atoms with Crippen LogP contribution in [-0.2, 0) is 28.1 Å². The molecule has 6 heterocycles. The van der Waals surface area contributed by atoms with Gasteiger partial charge in [0, 0.05) is 80.2 Å². The van der Waals surface area contributed by atoms with Crippen molar-refractivity contribution < 1.29 is 23.3 Å². The third kappa shape index (κ3) is 7.75.